The number of anilines is 3. The summed E-state index contributed by atoms with van der Waals surface area (Å²) in [6, 6.07) is 6.48. The number of piperidine rings is 2. The van der Waals surface area contributed by atoms with Crippen LogP contribution in [0.4, 0.5) is 17.5 Å². The zero-order chi connectivity index (χ0) is 32.0. The van der Waals surface area contributed by atoms with E-state index < -0.39 is 0 Å². The standard InChI is InChI=1S/C32H39BrClN9O2S/c1-18-27(39-13-19-11-20-16-43(21-3-2-7-37-14-21)31(44)22(20)12-23(19)33)32(17-45-18)5-9-42(10-6-32)25-15-40-30(29(36)41-25)46-24-4-8-38-28(35)26(24)34/h4,8,11-12,15,18,21,27,37,39H,2-3,5-7,9-10,13-14,16-17H2,1H3,(H2,35,38)(H2,36,41)/t18-,21?,27+/m0/s1. The molecule has 14 heteroatoms. The van der Waals surface area contributed by atoms with Crippen LogP contribution in [0.3, 0.4) is 0 Å². The number of ether oxygens (including phenoxy) is 1. The van der Waals surface area contributed by atoms with Gasteiger partial charge in [0.1, 0.15) is 16.7 Å². The molecule has 3 atom stereocenters. The van der Waals surface area contributed by atoms with E-state index in [0.717, 1.165) is 84.8 Å². The average molecular weight is 729 g/mol. The van der Waals surface area contributed by atoms with E-state index in [2.05, 4.69) is 54.4 Å². The van der Waals surface area contributed by atoms with Crippen LogP contribution in [0.2, 0.25) is 5.02 Å². The van der Waals surface area contributed by atoms with Gasteiger partial charge in [-0.25, -0.2) is 15.0 Å². The van der Waals surface area contributed by atoms with E-state index in [9.17, 15) is 4.79 Å². The molecular formula is C32H39BrClN9O2S. The summed E-state index contributed by atoms with van der Waals surface area (Å²) in [5.74, 6) is 1.54. The third-order valence-electron chi connectivity index (χ3n) is 10.0. The maximum atomic E-state index is 13.2. The van der Waals surface area contributed by atoms with Crippen molar-refractivity contribution in [2.75, 3.05) is 49.2 Å². The summed E-state index contributed by atoms with van der Waals surface area (Å²) in [5, 5.41) is 8.27. The van der Waals surface area contributed by atoms with Gasteiger partial charge in [-0.2, -0.15) is 0 Å². The molecule has 3 fully saturated rings. The largest absolute Gasteiger partial charge is 0.382 e. The quantitative estimate of drug-likeness (QED) is 0.273. The summed E-state index contributed by atoms with van der Waals surface area (Å²) < 4.78 is 7.24. The molecule has 2 aromatic heterocycles. The van der Waals surface area contributed by atoms with Gasteiger partial charge in [0, 0.05) is 71.4 Å². The SMILES string of the molecule is C[C@@H]1OCC2(CCN(c3cnc(Sc4ccnc(N)c4Cl)c(N)n3)CC2)[C@@H]1NCc1cc2c(cc1Br)C(=O)N(C1CCCNC1)C2. The zero-order valence-electron chi connectivity index (χ0n) is 25.8. The first-order chi connectivity index (χ1) is 22.2. The normalized spacial score (nSPS) is 24.2. The lowest BCUT2D eigenvalue weighted by Gasteiger charge is -2.43. The van der Waals surface area contributed by atoms with Crippen LogP contribution in [-0.2, 0) is 17.8 Å². The number of nitrogens with zero attached hydrogens (tertiary/aromatic N) is 5. The number of fused-ring (bicyclic) bond motifs is 1. The Kier molecular flexibility index (Phi) is 9.07. The van der Waals surface area contributed by atoms with E-state index in [1.54, 1.807) is 18.5 Å². The summed E-state index contributed by atoms with van der Waals surface area (Å²) >= 11 is 11.4. The minimum absolute atomic E-state index is 0.0205. The average Bonchev–Trinajstić information content (AvgIpc) is 3.54. The minimum atomic E-state index is 0.0205. The summed E-state index contributed by atoms with van der Waals surface area (Å²) in [5.41, 5.74) is 15.3. The Morgan fingerprint density at radius 3 is 2.83 bits per heavy atom. The highest BCUT2D eigenvalue weighted by molar-refractivity contribution is 9.10. The Morgan fingerprint density at radius 2 is 2.07 bits per heavy atom. The van der Waals surface area contributed by atoms with Crippen molar-refractivity contribution in [1.82, 2.24) is 30.5 Å². The number of carbonyl (C=O) groups is 1. The number of nitrogen functional groups attached to an aromatic ring is 2. The van der Waals surface area contributed by atoms with Gasteiger partial charge in [0.2, 0.25) is 0 Å². The molecule has 1 amide bonds. The zero-order valence-corrected chi connectivity index (χ0v) is 28.9. The van der Waals surface area contributed by atoms with E-state index in [1.807, 2.05) is 11.0 Å². The Balaban J connectivity index is 0.993. The summed E-state index contributed by atoms with van der Waals surface area (Å²) in [4.78, 5) is 31.6. The number of nitrogens with two attached hydrogens (primary N) is 2. The molecule has 1 spiro atoms. The second-order valence-corrected chi connectivity index (χ2v) is 15.1. The molecule has 0 bridgehead atoms. The number of carbonyl (C=O) groups excluding carboxylic acids is 1. The highest BCUT2D eigenvalue weighted by Gasteiger charge is 2.49. The van der Waals surface area contributed by atoms with Crippen LogP contribution in [0.25, 0.3) is 0 Å². The summed E-state index contributed by atoms with van der Waals surface area (Å²) in [7, 11) is 0. The number of amides is 1. The van der Waals surface area contributed by atoms with E-state index in [0.29, 0.717) is 29.0 Å². The number of rotatable bonds is 7. The van der Waals surface area contributed by atoms with Gasteiger partial charge in [-0.15, -0.1) is 0 Å². The molecule has 0 aliphatic carbocycles. The number of hydrogen-bond acceptors (Lipinski definition) is 11. The fourth-order valence-corrected chi connectivity index (χ4v) is 8.90. The van der Waals surface area contributed by atoms with Crippen molar-refractivity contribution in [2.24, 2.45) is 5.41 Å². The molecule has 7 rings (SSSR count). The second-order valence-electron chi connectivity index (χ2n) is 12.8. The molecule has 244 valence electrons. The highest BCUT2D eigenvalue weighted by Crippen LogP contribution is 2.44. The van der Waals surface area contributed by atoms with Gasteiger partial charge in [-0.05, 0) is 62.4 Å². The van der Waals surface area contributed by atoms with Gasteiger partial charge in [0.15, 0.2) is 5.82 Å². The molecule has 46 heavy (non-hydrogen) atoms. The number of benzene rings is 1. The van der Waals surface area contributed by atoms with E-state index in [-0.39, 0.29) is 35.3 Å². The van der Waals surface area contributed by atoms with E-state index in [4.69, 9.17) is 32.8 Å². The fraction of sp³-hybridized carbons (Fsp3) is 0.500. The molecule has 4 aliphatic heterocycles. The third-order valence-corrected chi connectivity index (χ3v) is 12.3. The molecule has 0 saturated carbocycles. The predicted molar refractivity (Wildman–Crippen MR) is 184 cm³/mol. The number of pyridine rings is 1. The summed E-state index contributed by atoms with van der Waals surface area (Å²) in [6.45, 7) is 7.84. The van der Waals surface area contributed by atoms with Gasteiger partial charge >= 0.3 is 0 Å². The molecule has 6 N–H and O–H groups in total. The summed E-state index contributed by atoms with van der Waals surface area (Å²) in [6.07, 6.45) is 7.57. The van der Waals surface area contributed by atoms with Gasteiger partial charge in [0.05, 0.1) is 23.9 Å². The predicted octanol–water partition coefficient (Wildman–Crippen LogP) is 4.47. The van der Waals surface area contributed by atoms with Crippen LogP contribution >= 0.6 is 39.3 Å². The lowest BCUT2D eigenvalue weighted by molar-refractivity contribution is 0.0674. The van der Waals surface area contributed by atoms with Crippen LogP contribution in [0.1, 0.15) is 54.1 Å². The van der Waals surface area contributed by atoms with Crippen LogP contribution in [0, 0.1) is 5.41 Å². The van der Waals surface area contributed by atoms with Crippen molar-refractivity contribution >= 4 is 62.7 Å². The maximum Gasteiger partial charge on any atom is 0.254 e. The van der Waals surface area contributed by atoms with Crippen LogP contribution in [-0.4, -0.2) is 76.7 Å². The smallest absolute Gasteiger partial charge is 0.254 e. The van der Waals surface area contributed by atoms with Crippen molar-refractivity contribution in [3.8, 4) is 0 Å². The van der Waals surface area contributed by atoms with Crippen molar-refractivity contribution in [1.29, 1.82) is 0 Å². The number of aromatic nitrogens is 3. The second kappa shape index (κ2) is 13.1. The van der Waals surface area contributed by atoms with Crippen molar-refractivity contribution in [2.45, 2.75) is 73.8 Å². The lowest BCUT2D eigenvalue weighted by atomic mass is 9.73. The Bertz CT molecular complexity index is 1630. The number of nitrogens with one attached hydrogen (secondary N) is 2. The molecule has 6 heterocycles. The Morgan fingerprint density at radius 1 is 1.24 bits per heavy atom. The Labute approximate surface area is 286 Å². The van der Waals surface area contributed by atoms with Crippen LogP contribution in [0.15, 0.2) is 45.0 Å². The molecule has 3 saturated heterocycles. The van der Waals surface area contributed by atoms with Gasteiger partial charge in [-0.1, -0.05) is 45.4 Å². The van der Waals surface area contributed by atoms with E-state index >= 15 is 0 Å². The number of hydrogen-bond donors (Lipinski definition) is 4. The van der Waals surface area contributed by atoms with Gasteiger partial charge in [-0.3, -0.25) is 4.79 Å². The van der Waals surface area contributed by atoms with Crippen molar-refractivity contribution in [3.63, 3.8) is 0 Å². The number of halogens is 2. The molecular weight excluding hydrogens is 690 g/mol. The molecule has 1 aromatic carbocycles. The van der Waals surface area contributed by atoms with Gasteiger partial charge in [0.25, 0.3) is 5.91 Å². The molecule has 4 aliphatic rings. The van der Waals surface area contributed by atoms with E-state index in [1.165, 1.54) is 17.3 Å². The third kappa shape index (κ3) is 6.06. The topological polar surface area (TPSA) is 148 Å². The first kappa shape index (κ1) is 31.9. The first-order valence-electron chi connectivity index (χ1n) is 15.9. The fourth-order valence-electron chi connectivity index (χ4n) is 7.40. The molecule has 11 nitrogen and oxygen atoms in total. The molecule has 3 aromatic rings. The Hall–Kier alpha value is -2.68. The maximum absolute atomic E-state index is 13.2. The first-order valence-corrected chi connectivity index (χ1v) is 17.8. The van der Waals surface area contributed by atoms with Crippen molar-refractivity contribution in [3.05, 3.63) is 56.8 Å². The van der Waals surface area contributed by atoms with Crippen molar-refractivity contribution < 1.29 is 9.53 Å². The minimum Gasteiger partial charge on any atom is -0.382 e. The van der Waals surface area contributed by atoms with Crippen LogP contribution in [0.5, 0.6) is 0 Å². The van der Waals surface area contributed by atoms with Gasteiger partial charge < -0.3 is 36.6 Å². The molecule has 1 unspecified atom stereocenters. The monoisotopic (exact) mass is 727 g/mol. The lowest BCUT2D eigenvalue weighted by Crippen LogP contribution is -2.52. The van der Waals surface area contributed by atoms with Crippen LogP contribution < -0.4 is 27.0 Å². The molecule has 0 radical (unpaired) electrons. The highest BCUT2D eigenvalue weighted by atomic mass is 79.9.